The molecule has 2 N–H and O–H groups in total. The molecule has 0 radical (unpaired) electrons. The molecular weight excluding hydrogens is 262 g/mol. The lowest BCUT2D eigenvalue weighted by Crippen LogP contribution is -2.37. The first-order valence-electron chi connectivity index (χ1n) is 8.23. The normalized spacial score (nSPS) is 26.2. The van der Waals surface area contributed by atoms with Crippen molar-refractivity contribution < 1.29 is 4.74 Å². The van der Waals surface area contributed by atoms with Crippen LogP contribution in [-0.2, 0) is 16.8 Å². The summed E-state index contributed by atoms with van der Waals surface area (Å²) in [6, 6.07) is 1.90. The molecule has 0 saturated heterocycles. The molecule has 1 saturated carbocycles. The van der Waals surface area contributed by atoms with Crippen LogP contribution < -0.4 is 5.73 Å². The third-order valence-electron chi connectivity index (χ3n) is 4.20. The molecule has 1 heterocycles. The second-order valence-corrected chi connectivity index (χ2v) is 6.83. The fraction of sp³-hybridized carbons (Fsp3) is 0.765. The van der Waals surface area contributed by atoms with Crippen molar-refractivity contribution in [3.05, 3.63) is 17.6 Å². The Morgan fingerprint density at radius 2 is 2.19 bits per heavy atom. The van der Waals surface area contributed by atoms with Gasteiger partial charge in [0, 0.05) is 18.4 Å². The Balaban J connectivity index is 2.37. The maximum Gasteiger partial charge on any atom is 0.162 e. The molecule has 2 rings (SSSR count). The molecule has 1 aromatic heterocycles. The Kier molecular flexibility index (Phi) is 5.20. The zero-order valence-electron chi connectivity index (χ0n) is 13.9. The summed E-state index contributed by atoms with van der Waals surface area (Å²) in [5.74, 6) is 2.56. The van der Waals surface area contributed by atoms with E-state index >= 15 is 0 Å². The summed E-state index contributed by atoms with van der Waals surface area (Å²) in [7, 11) is 0. The Labute approximate surface area is 128 Å². The minimum absolute atomic E-state index is 0.340. The molecule has 0 aliphatic heterocycles. The molecule has 2 unspecified atom stereocenters. The Bertz CT molecular complexity index is 471. The number of ether oxygens (including phenoxy) is 1. The number of nitrogens with zero attached hydrogens (tertiary/aromatic N) is 2. The predicted molar refractivity (Wildman–Crippen MR) is 85.9 cm³/mol. The van der Waals surface area contributed by atoms with Gasteiger partial charge in [-0.2, -0.15) is 0 Å². The Morgan fingerprint density at radius 3 is 2.81 bits per heavy atom. The van der Waals surface area contributed by atoms with Crippen molar-refractivity contribution in [2.75, 3.05) is 12.3 Å². The number of nitrogens with two attached hydrogens (primary N) is 1. The fourth-order valence-corrected chi connectivity index (χ4v) is 3.42. The summed E-state index contributed by atoms with van der Waals surface area (Å²) in [6.45, 7) is 9.40. The second kappa shape index (κ2) is 6.73. The van der Waals surface area contributed by atoms with Crippen LogP contribution in [0.5, 0.6) is 0 Å². The van der Waals surface area contributed by atoms with Crippen LogP contribution in [0.3, 0.4) is 0 Å². The highest BCUT2D eigenvalue weighted by molar-refractivity contribution is 5.31. The zero-order chi connectivity index (χ0) is 15.5. The van der Waals surface area contributed by atoms with Gasteiger partial charge in [0.05, 0.1) is 0 Å². The standard InChI is InChI=1S/C17H29N3O/c1-5-21-17(8-6-7-13(4)11-17)16-19-14(9-12(2)3)10-15(18)20-16/h10,12-13H,5-9,11H2,1-4H3,(H2,18,19,20). The summed E-state index contributed by atoms with van der Waals surface area (Å²) in [5.41, 5.74) is 6.72. The van der Waals surface area contributed by atoms with Gasteiger partial charge in [-0.25, -0.2) is 9.97 Å². The number of hydrogen-bond acceptors (Lipinski definition) is 4. The molecule has 4 heteroatoms. The van der Waals surface area contributed by atoms with Crippen LogP contribution in [-0.4, -0.2) is 16.6 Å². The second-order valence-electron chi connectivity index (χ2n) is 6.83. The van der Waals surface area contributed by atoms with Gasteiger partial charge in [-0.05, 0) is 44.4 Å². The van der Waals surface area contributed by atoms with Crippen LogP contribution in [0.4, 0.5) is 5.82 Å². The molecule has 1 aromatic rings. The van der Waals surface area contributed by atoms with E-state index in [0.29, 0.717) is 24.3 Å². The SMILES string of the molecule is CCOC1(c2nc(N)cc(CC(C)C)n2)CCCC(C)C1. The number of hydrogen-bond donors (Lipinski definition) is 1. The van der Waals surface area contributed by atoms with Crippen molar-refractivity contribution in [1.29, 1.82) is 0 Å². The van der Waals surface area contributed by atoms with Gasteiger partial charge < -0.3 is 10.5 Å². The molecule has 0 spiro atoms. The van der Waals surface area contributed by atoms with E-state index in [2.05, 4.69) is 25.8 Å². The highest BCUT2D eigenvalue weighted by atomic mass is 16.5. The molecule has 118 valence electrons. The summed E-state index contributed by atoms with van der Waals surface area (Å²) >= 11 is 0. The molecular formula is C17H29N3O. The topological polar surface area (TPSA) is 61.0 Å². The van der Waals surface area contributed by atoms with Crippen molar-refractivity contribution in [3.63, 3.8) is 0 Å². The average Bonchev–Trinajstić information content (AvgIpc) is 2.37. The first-order valence-corrected chi connectivity index (χ1v) is 8.23. The first-order chi connectivity index (χ1) is 9.95. The molecule has 0 bridgehead atoms. The van der Waals surface area contributed by atoms with E-state index in [1.54, 1.807) is 0 Å². The van der Waals surface area contributed by atoms with Gasteiger partial charge in [0.2, 0.25) is 0 Å². The van der Waals surface area contributed by atoms with E-state index in [4.69, 9.17) is 15.5 Å². The molecule has 0 aromatic carbocycles. The van der Waals surface area contributed by atoms with Crippen LogP contribution in [0.2, 0.25) is 0 Å². The van der Waals surface area contributed by atoms with Crippen molar-refractivity contribution >= 4 is 5.82 Å². The lowest BCUT2D eigenvalue weighted by molar-refractivity contribution is -0.0881. The van der Waals surface area contributed by atoms with E-state index in [1.165, 1.54) is 12.8 Å². The van der Waals surface area contributed by atoms with Crippen molar-refractivity contribution in [2.24, 2.45) is 11.8 Å². The van der Waals surface area contributed by atoms with Crippen LogP contribution in [0.15, 0.2) is 6.07 Å². The monoisotopic (exact) mass is 291 g/mol. The number of aromatic nitrogens is 2. The maximum atomic E-state index is 6.16. The van der Waals surface area contributed by atoms with Crippen LogP contribution in [0.25, 0.3) is 0 Å². The van der Waals surface area contributed by atoms with E-state index in [9.17, 15) is 0 Å². The average molecular weight is 291 g/mol. The largest absolute Gasteiger partial charge is 0.384 e. The lowest BCUT2D eigenvalue weighted by Gasteiger charge is -2.38. The third-order valence-corrected chi connectivity index (χ3v) is 4.20. The predicted octanol–water partition coefficient (Wildman–Crippen LogP) is 3.70. The number of anilines is 1. The van der Waals surface area contributed by atoms with Crippen LogP contribution >= 0.6 is 0 Å². The van der Waals surface area contributed by atoms with E-state index in [-0.39, 0.29) is 5.60 Å². The van der Waals surface area contributed by atoms with Crippen LogP contribution in [0, 0.1) is 11.8 Å². The van der Waals surface area contributed by atoms with E-state index < -0.39 is 0 Å². The minimum atomic E-state index is -0.340. The molecule has 1 fully saturated rings. The van der Waals surface area contributed by atoms with Gasteiger partial charge in [0.15, 0.2) is 5.82 Å². The van der Waals surface area contributed by atoms with Crippen molar-refractivity contribution in [3.8, 4) is 0 Å². The minimum Gasteiger partial charge on any atom is -0.384 e. The lowest BCUT2D eigenvalue weighted by atomic mass is 9.78. The summed E-state index contributed by atoms with van der Waals surface area (Å²) in [5, 5.41) is 0. The summed E-state index contributed by atoms with van der Waals surface area (Å²) < 4.78 is 6.16. The quantitative estimate of drug-likeness (QED) is 0.898. The van der Waals surface area contributed by atoms with Crippen molar-refractivity contribution in [2.45, 2.75) is 65.4 Å². The van der Waals surface area contributed by atoms with Gasteiger partial charge >= 0.3 is 0 Å². The maximum absolute atomic E-state index is 6.16. The molecule has 4 nitrogen and oxygen atoms in total. The Hall–Kier alpha value is -1.16. The van der Waals surface area contributed by atoms with E-state index in [0.717, 1.165) is 30.8 Å². The smallest absolute Gasteiger partial charge is 0.162 e. The van der Waals surface area contributed by atoms with Gasteiger partial charge in [-0.1, -0.05) is 27.2 Å². The van der Waals surface area contributed by atoms with Gasteiger partial charge in [0.1, 0.15) is 11.4 Å². The van der Waals surface area contributed by atoms with Crippen LogP contribution in [0.1, 0.15) is 64.9 Å². The molecule has 21 heavy (non-hydrogen) atoms. The van der Waals surface area contributed by atoms with Gasteiger partial charge in [-0.3, -0.25) is 0 Å². The number of rotatable bonds is 5. The highest BCUT2D eigenvalue weighted by Crippen LogP contribution is 2.41. The molecule has 1 aliphatic carbocycles. The summed E-state index contributed by atoms with van der Waals surface area (Å²) in [4.78, 5) is 9.34. The zero-order valence-corrected chi connectivity index (χ0v) is 13.9. The molecule has 0 amide bonds. The Morgan fingerprint density at radius 1 is 1.43 bits per heavy atom. The fourth-order valence-electron chi connectivity index (χ4n) is 3.42. The number of nitrogen functional groups attached to an aromatic ring is 1. The van der Waals surface area contributed by atoms with Gasteiger partial charge in [0.25, 0.3) is 0 Å². The molecule has 1 aliphatic rings. The van der Waals surface area contributed by atoms with Crippen molar-refractivity contribution in [1.82, 2.24) is 9.97 Å². The van der Waals surface area contributed by atoms with E-state index in [1.807, 2.05) is 13.0 Å². The highest BCUT2D eigenvalue weighted by Gasteiger charge is 2.40. The third kappa shape index (κ3) is 3.94. The first kappa shape index (κ1) is 16.2. The summed E-state index contributed by atoms with van der Waals surface area (Å²) in [6.07, 6.45) is 5.34. The molecule has 2 atom stereocenters. The van der Waals surface area contributed by atoms with Gasteiger partial charge in [-0.15, -0.1) is 0 Å².